The van der Waals surface area contributed by atoms with Gasteiger partial charge in [0.15, 0.2) is 0 Å². The summed E-state index contributed by atoms with van der Waals surface area (Å²) >= 11 is 3.45. The minimum absolute atomic E-state index is 0.278. The molecule has 98 valence electrons. The highest BCUT2D eigenvalue weighted by Gasteiger charge is 2.12. The molecule has 0 aliphatic rings. The fourth-order valence-electron chi connectivity index (χ4n) is 1.82. The van der Waals surface area contributed by atoms with Crippen LogP contribution >= 0.6 is 15.9 Å². The standard InChI is InChI=1S/C14H14BrN3O/c1-8-5-9(2)13(11(15)6-8)18-14(19)12-7-10(16)3-4-17-12/h3-7H,1-2H3,(H2,16,17)(H,18,19). The molecule has 0 bridgehead atoms. The van der Waals surface area contributed by atoms with Gasteiger partial charge in [0.1, 0.15) is 5.69 Å². The van der Waals surface area contributed by atoms with Gasteiger partial charge >= 0.3 is 0 Å². The van der Waals surface area contributed by atoms with Gasteiger partial charge in [-0.2, -0.15) is 0 Å². The van der Waals surface area contributed by atoms with E-state index in [4.69, 9.17) is 5.73 Å². The highest BCUT2D eigenvalue weighted by Crippen LogP contribution is 2.28. The molecule has 19 heavy (non-hydrogen) atoms. The molecule has 0 aliphatic heterocycles. The number of hydrogen-bond donors (Lipinski definition) is 2. The van der Waals surface area contributed by atoms with E-state index < -0.39 is 0 Å². The Balaban J connectivity index is 2.29. The Morgan fingerprint density at radius 2 is 2.05 bits per heavy atom. The van der Waals surface area contributed by atoms with Gasteiger partial charge in [0, 0.05) is 16.4 Å². The number of carbonyl (C=O) groups is 1. The van der Waals surface area contributed by atoms with Crippen LogP contribution in [0, 0.1) is 13.8 Å². The molecular weight excluding hydrogens is 306 g/mol. The van der Waals surface area contributed by atoms with Crippen LogP contribution in [0.4, 0.5) is 11.4 Å². The number of rotatable bonds is 2. The van der Waals surface area contributed by atoms with Gasteiger partial charge in [0.25, 0.3) is 5.91 Å². The average Bonchev–Trinajstić information content (AvgIpc) is 2.33. The molecule has 0 unspecified atom stereocenters. The van der Waals surface area contributed by atoms with Gasteiger partial charge in [-0.1, -0.05) is 6.07 Å². The van der Waals surface area contributed by atoms with Gasteiger partial charge in [-0.15, -0.1) is 0 Å². The number of aromatic nitrogens is 1. The highest BCUT2D eigenvalue weighted by atomic mass is 79.9. The summed E-state index contributed by atoms with van der Waals surface area (Å²) in [5.74, 6) is -0.278. The molecule has 0 fully saturated rings. The maximum Gasteiger partial charge on any atom is 0.274 e. The van der Waals surface area contributed by atoms with Gasteiger partial charge in [-0.05, 0) is 59.1 Å². The molecule has 2 aromatic rings. The first kappa shape index (κ1) is 13.5. The van der Waals surface area contributed by atoms with Crippen LogP contribution in [0.15, 0.2) is 34.9 Å². The maximum absolute atomic E-state index is 12.1. The molecule has 4 nitrogen and oxygen atoms in total. The number of aryl methyl sites for hydroxylation is 2. The van der Waals surface area contributed by atoms with Crippen LogP contribution in [0.3, 0.4) is 0 Å². The van der Waals surface area contributed by atoms with Crippen LogP contribution in [0.2, 0.25) is 0 Å². The Kier molecular flexibility index (Phi) is 3.85. The first-order valence-electron chi connectivity index (χ1n) is 5.77. The second-order valence-corrected chi connectivity index (χ2v) is 5.22. The fraction of sp³-hybridized carbons (Fsp3) is 0.143. The van der Waals surface area contributed by atoms with Crippen molar-refractivity contribution in [1.82, 2.24) is 4.98 Å². The molecule has 0 saturated carbocycles. The Bertz CT molecular complexity index is 617. The van der Waals surface area contributed by atoms with Crippen LogP contribution in [-0.2, 0) is 0 Å². The number of pyridine rings is 1. The summed E-state index contributed by atoms with van der Waals surface area (Å²) in [6.45, 7) is 3.95. The number of amides is 1. The summed E-state index contributed by atoms with van der Waals surface area (Å²) in [4.78, 5) is 16.1. The molecule has 1 aromatic carbocycles. The molecular formula is C14H14BrN3O. The lowest BCUT2D eigenvalue weighted by molar-refractivity contribution is 0.102. The lowest BCUT2D eigenvalue weighted by atomic mass is 10.1. The van der Waals surface area contributed by atoms with Crippen molar-refractivity contribution >= 4 is 33.2 Å². The van der Waals surface area contributed by atoms with Crippen molar-refractivity contribution < 1.29 is 4.79 Å². The van der Waals surface area contributed by atoms with Crippen molar-refractivity contribution in [2.45, 2.75) is 13.8 Å². The van der Waals surface area contributed by atoms with E-state index in [1.165, 1.54) is 6.20 Å². The lowest BCUT2D eigenvalue weighted by Gasteiger charge is -2.11. The molecule has 0 saturated heterocycles. The Labute approximate surface area is 120 Å². The van der Waals surface area contributed by atoms with Crippen molar-refractivity contribution in [2.75, 3.05) is 11.1 Å². The minimum atomic E-state index is -0.278. The van der Waals surface area contributed by atoms with Crippen LogP contribution in [-0.4, -0.2) is 10.9 Å². The summed E-state index contributed by atoms with van der Waals surface area (Å²) in [6, 6.07) is 7.15. The van der Waals surface area contributed by atoms with Crippen molar-refractivity contribution in [1.29, 1.82) is 0 Å². The van der Waals surface area contributed by atoms with Crippen LogP contribution < -0.4 is 11.1 Å². The molecule has 0 aliphatic carbocycles. The van der Waals surface area contributed by atoms with Crippen LogP contribution in [0.1, 0.15) is 21.6 Å². The SMILES string of the molecule is Cc1cc(C)c(NC(=O)c2cc(N)ccn2)c(Br)c1. The topological polar surface area (TPSA) is 68.0 Å². The number of nitrogens with zero attached hydrogens (tertiary/aromatic N) is 1. The summed E-state index contributed by atoms with van der Waals surface area (Å²) in [5.41, 5.74) is 9.32. The third-order valence-corrected chi connectivity index (χ3v) is 3.31. The first-order chi connectivity index (χ1) is 8.97. The fourth-order valence-corrected chi connectivity index (χ4v) is 2.60. The number of nitrogens with one attached hydrogen (secondary N) is 1. The summed E-state index contributed by atoms with van der Waals surface area (Å²) in [7, 11) is 0. The van der Waals surface area contributed by atoms with Gasteiger partial charge in [-0.3, -0.25) is 9.78 Å². The van der Waals surface area contributed by atoms with E-state index >= 15 is 0 Å². The number of hydrogen-bond acceptors (Lipinski definition) is 3. The average molecular weight is 320 g/mol. The highest BCUT2D eigenvalue weighted by molar-refractivity contribution is 9.10. The van der Waals surface area contributed by atoms with Crippen molar-refractivity contribution in [2.24, 2.45) is 0 Å². The molecule has 2 rings (SSSR count). The number of halogens is 1. The van der Waals surface area contributed by atoms with Gasteiger partial charge in [0.05, 0.1) is 5.69 Å². The lowest BCUT2D eigenvalue weighted by Crippen LogP contribution is -2.15. The Morgan fingerprint density at radius 1 is 1.32 bits per heavy atom. The van der Waals surface area contributed by atoms with Crippen molar-refractivity contribution in [3.8, 4) is 0 Å². The van der Waals surface area contributed by atoms with E-state index in [1.54, 1.807) is 12.1 Å². The number of anilines is 2. The normalized spacial score (nSPS) is 10.3. The predicted molar refractivity (Wildman–Crippen MR) is 80.2 cm³/mol. The van der Waals surface area contributed by atoms with E-state index in [2.05, 4.69) is 26.2 Å². The van der Waals surface area contributed by atoms with Crippen LogP contribution in [0.5, 0.6) is 0 Å². The number of carbonyl (C=O) groups excluding carboxylic acids is 1. The van der Waals surface area contributed by atoms with E-state index in [1.807, 2.05) is 26.0 Å². The molecule has 1 amide bonds. The van der Waals surface area contributed by atoms with Gasteiger partial charge in [-0.25, -0.2) is 0 Å². The number of nitrogen functional groups attached to an aromatic ring is 1. The number of benzene rings is 1. The molecule has 1 heterocycles. The molecule has 5 heteroatoms. The zero-order valence-electron chi connectivity index (χ0n) is 10.7. The third kappa shape index (κ3) is 3.12. The van der Waals surface area contributed by atoms with Crippen molar-refractivity contribution in [3.05, 3.63) is 51.8 Å². The molecule has 0 radical (unpaired) electrons. The van der Waals surface area contributed by atoms with E-state index in [0.29, 0.717) is 11.4 Å². The summed E-state index contributed by atoms with van der Waals surface area (Å²) in [6.07, 6.45) is 1.52. The van der Waals surface area contributed by atoms with Crippen LogP contribution in [0.25, 0.3) is 0 Å². The van der Waals surface area contributed by atoms with E-state index in [-0.39, 0.29) is 5.91 Å². The molecule has 1 aromatic heterocycles. The third-order valence-electron chi connectivity index (χ3n) is 2.69. The largest absolute Gasteiger partial charge is 0.399 e. The van der Waals surface area contributed by atoms with E-state index in [0.717, 1.165) is 21.3 Å². The van der Waals surface area contributed by atoms with Gasteiger partial charge in [0.2, 0.25) is 0 Å². The zero-order valence-corrected chi connectivity index (χ0v) is 12.3. The second kappa shape index (κ2) is 5.40. The Morgan fingerprint density at radius 3 is 2.68 bits per heavy atom. The summed E-state index contributed by atoms with van der Waals surface area (Å²) < 4.78 is 0.849. The molecule has 3 N–H and O–H groups in total. The Hall–Kier alpha value is -1.88. The summed E-state index contributed by atoms with van der Waals surface area (Å²) in [5, 5.41) is 2.85. The molecule has 0 spiro atoms. The number of nitrogens with two attached hydrogens (primary N) is 1. The quantitative estimate of drug-likeness (QED) is 0.892. The van der Waals surface area contributed by atoms with Gasteiger partial charge < -0.3 is 11.1 Å². The predicted octanol–water partition coefficient (Wildman–Crippen LogP) is 3.30. The first-order valence-corrected chi connectivity index (χ1v) is 6.56. The molecule has 0 atom stereocenters. The van der Waals surface area contributed by atoms with Crippen molar-refractivity contribution in [3.63, 3.8) is 0 Å². The second-order valence-electron chi connectivity index (χ2n) is 4.37. The smallest absolute Gasteiger partial charge is 0.274 e. The maximum atomic E-state index is 12.1. The van der Waals surface area contributed by atoms with E-state index in [9.17, 15) is 4.79 Å². The monoisotopic (exact) mass is 319 g/mol. The zero-order chi connectivity index (χ0) is 14.0. The minimum Gasteiger partial charge on any atom is -0.399 e.